The molecule has 2 aliphatic carbocycles. The van der Waals surface area contributed by atoms with Gasteiger partial charge in [-0.2, -0.15) is 19.4 Å². The number of rotatable bonds is 7. The SMILES string of the molecule is CN(C)C(=O)C[N+]1=C2C=CC(S(=O)(=O)NC3(C)CC3)=CC2C(=O)N(Cc2cnn(C)c2)C1=O. The number of fused-ring (bicyclic) bond motifs is 1. The number of allylic oxidation sites excluding steroid dienone is 2. The van der Waals surface area contributed by atoms with Gasteiger partial charge in [0.1, 0.15) is 18.2 Å². The van der Waals surface area contributed by atoms with E-state index in [0.29, 0.717) is 5.56 Å². The van der Waals surface area contributed by atoms with Crippen LogP contribution in [0.2, 0.25) is 0 Å². The van der Waals surface area contributed by atoms with Crippen molar-refractivity contribution in [3.63, 3.8) is 0 Å². The number of amides is 4. The van der Waals surface area contributed by atoms with Crippen molar-refractivity contribution < 1.29 is 27.4 Å². The second kappa shape index (κ2) is 8.03. The van der Waals surface area contributed by atoms with Crippen molar-refractivity contribution in [2.24, 2.45) is 13.0 Å². The maximum Gasteiger partial charge on any atom is 0.501 e. The summed E-state index contributed by atoms with van der Waals surface area (Å²) in [6, 6.07) is -0.640. The van der Waals surface area contributed by atoms with Crippen molar-refractivity contribution in [1.29, 1.82) is 0 Å². The molecule has 0 saturated heterocycles. The summed E-state index contributed by atoms with van der Waals surface area (Å²) in [5.74, 6) is -1.90. The molecule has 0 bridgehead atoms. The van der Waals surface area contributed by atoms with E-state index in [4.69, 9.17) is 0 Å². The molecule has 4 amide bonds. The third kappa shape index (κ3) is 4.53. The Labute approximate surface area is 192 Å². The number of carbonyl (C=O) groups is 3. The number of aromatic nitrogens is 2. The van der Waals surface area contributed by atoms with Gasteiger partial charge in [0.15, 0.2) is 6.54 Å². The van der Waals surface area contributed by atoms with Gasteiger partial charge in [0, 0.05) is 38.4 Å². The molecule has 12 heteroatoms. The summed E-state index contributed by atoms with van der Waals surface area (Å²) in [6.07, 6.45) is 8.87. The van der Waals surface area contributed by atoms with Gasteiger partial charge in [0.05, 0.1) is 11.1 Å². The number of urea groups is 1. The number of nitrogens with zero attached hydrogens (tertiary/aromatic N) is 5. The molecule has 3 aliphatic rings. The molecule has 176 valence electrons. The van der Waals surface area contributed by atoms with Crippen molar-refractivity contribution in [2.45, 2.75) is 31.8 Å². The fourth-order valence-electron chi connectivity index (χ4n) is 3.72. The fraction of sp³-hybridized carbons (Fsp3) is 0.476. The predicted octanol–water partition coefficient (Wildman–Crippen LogP) is -0.0342. The van der Waals surface area contributed by atoms with Gasteiger partial charge < -0.3 is 4.90 Å². The van der Waals surface area contributed by atoms with Crippen LogP contribution in [-0.4, -0.2) is 82.3 Å². The molecule has 1 aromatic rings. The molecule has 1 aromatic heterocycles. The van der Waals surface area contributed by atoms with Gasteiger partial charge in [-0.1, -0.05) is 0 Å². The van der Waals surface area contributed by atoms with Gasteiger partial charge >= 0.3 is 11.9 Å². The van der Waals surface area contributed by atoms with Crippen molar-refractivity contribution in [3.8, 4) is 0 Å². The van der Waals surface area contributed by atoms with Gasteiger partial charge in [-0.15, -0.1) is 0 Å². The lowest BCUT2D eigenvalue weighted by Crippen LogP contribution is -2.55. The number of sulfonamides is 1. The molecular weight excluding hydrogens is 448 g/mol. The van der Waals surface area contributed by atoms with Gasteiger partial charge in [-0.05, 0) is 38.0 Å². The van der Waals surface area contributed by atoms with Crippen LogP contribution in [0, 0.1) is 5.92 Å². The van der Waals surface area contributed by atoms with Crippen molar-refractivity contribution >= 4 is 33.6 Å². The zero-order chi connectivity index (χ0) is 24.1. The highest BCUT2D eigenvalue weighted by molar-refractivity contribution is 7.93. The lowest BCUT2D eigenvalue weighted by atomic mass is 9.94. The highest BCUT2D eigenvalue weighted by Gasteiger charge is 2.49. The van der Waals surface area contributed by atoms with Crippen LogP contribution in [0.25, 0.3) is 0 Å². The van der Waals surface area contributed by atoms with Gasteiger partial charge in [0.25, 0.3) is 5.91 Å². The summed E-state index contributed by atoms with van der Waals surface area (Å²) >= 11 is 0. The van der Waals surface area contributed by atoms with E-state index < -0.39 is 33.4 Å². The fourth-order valence-corrected chi connectivity index (χ4v) is 5.25. The number of hydrogen-bond donors (Lipinski definition) is 1. The summed E-state index contributed by atoms with van der Waals surface area (Å²) in [7, 11) is 1.02. The van der Waals surface area contributed by atoms with Crippen LogP contribution >= 0.6 is 0 Å². The molecule has 0 aromatic carbocycles. The Morgan fingerprint density at radius 2 is 2.00 bits per heavy atom. The smallest absolute Gasteiger partial charge is 0.345 e. The highest BCUT2D eigenvalue weighted by atomic mass is 32.2. The van der Waals surface area contributed by atoms with Crippen molar-refractivity contribution in [1.82, 2.24) is 24.3 Å². The van der Waals surface area contributed by atoms with Crippen LogP contribution in [-0.2, 0) is 33.2 Å². The summed E-state index contributed by atoms with van der Waals surface area (Å²) in [5, 5.41) is 4.07. The molecule has 4 rings (SSSR count). The molecule has 1 atom stereocenters. The minimum Gasteiger partial charge on any atom is -0.345 e. The molecule has 0 spiro atoms. The predicted molar refractivity (Wildman–Crippen MR) is 118 cm³/mol. The number of hydrogen-bond acceptors (Lipinski definition) is 6. The van der Waals surface area contributed by atoms with E-state index in [9.17, 15) is 22.8 Å². The van der Waals surface area contributed by atoms with Gasteiger partial charge in [-0.25, -0.2) is 17.9 Å². The third-order valence-corrected chi connectivity index (χ3v) is 7.61. The minimum atomic E-state index is -3.84. The number of likely N-dealkylation sites (N-methyl/N-ethyl adjacent to an activating group) is 1. The van der Waals surface area contributed by atoms with Crippen LogP contribution in [0.15, 0.2) is 35.5 Å². The first-order valence-corrected chi connectivity index (χ1v) is 12.0. The maximum atomic E-state index is 13.4. The maximum absolute atomic E-state index is 13.4. The van der Waals surface area contributed by atoms with Crippen molar-refractivity contribution in [3.05, 3.63) is 41.1 Å². The van der Waals surface area contributed by atoms with E-state index in [0.717, 1.165) is 17.7 Å². The highest BCUT2D eigenvalue weighted by Crippen LogP contribution is 2.36. The second-order valence-electron chi connectivity index (χ2n) is 9.07. The zero-order valence-electron chi connectivity index (χ0n) is 19.0. The van der Waals surface area contributed by atoms with Crippen LogP contribution < -0.4 is 4.72 Å². The number of imide groups is 1. The molecule has 33 heavy (non-hydrogen) atoms. The molecular formula is C21H27N6O5S+. The lowest BCUT2D eigenvalue weighted by molar-refractivity contribution is -0.430. The quantitative estimate of drug-likeness (QED) is 0.552. The van der Waals surface area contributed by atoms with E-state index >= 15 is 0 Å². The topological polar surface area (TPSA) is 125 Å². The zero-order valence-corrected chi connectivity index (χ0v) is 19.8. The minimum absolute atomic E-state index is 0.0349. The Bertz CT molecular complexity index is 1240. The number of aryl methyl sites for hydroxylation is 1. The summed E-state index contributed by atoms with van der Waals surface area (Å²) in [4.78, 5) is 41.4. The normalized spacial score (nSPS) is 21.8. The first-order chi connectivity index (χ1) is 15.4. The molecule has 1 N–H and O–H groups in total. The molecule has 11 nitrogen and oxygen atoms in total. The molecule has 1 saturated carbocycles. The Morgan fingerprint density at radius 3 is 2.58 bits per heavy atom. The third-order valence-electron chi connectivity index (χ3n) is 5.96. The van der Waals surface area contributed by atoms with Crippen LogP contribution in [0.4, 0.5) is 4.79 Å². The van der Waals surface area contributed by atoms with Crippen LogP contribution in [0.1, 0.15) is 25.3 Å². The van der Waals surface area contributed by atoms with Gasteiger partial charge in [-0.3, -0.25) is 9.48 Å². The molecule has 1 aliphatic heterocycles. The monoisotopic (exact) mass is 475 g/mol. The Balaban J connectivity index is 1.73. The summed E-state index contributed by atoms with van der Waals surface area (Å²) in [6.45, 7) is 1.51. The largest absolute Gasteiger partial charge is 0.501 e. The number of carbonyl (C=O) groups excluding carboxylic acids is 3. The van der Waals surface area contributed by atoms with E-state index in [1.807, 2.05) is 6.92 Å². The standard InChI is InChI=1S/C21H27N6O5S/c1-21(7-8-21)23-33(31,32)15-5-6-17-16(9-15)19(29)27(12-14-10-22-25(4)11-14)20(30)26(17)13-18(28)24(2)3/h5-6,9-11,16,23H,7-8,12-13H2,1-4H3/q+1. The first-order valence-electron chi connectivity index (χ1n) is 10.5. The molecule has 2 heterocycles. The van der Waals surface area contributed by atoms with Gasteiger partial charge in [0.2, 0.25) is 10.0 Å². The lowest BCUT2D eigenvalue weighted by Gasteiger charge is -2.28. The second-order valence-corrected chi connectivity index (χ2v) is 10.8. The molecule has 1 fully saturated rings. The van der Waals surface area contributed by atoms with E-state index in [2.05, 4.69) is 9.82 Å². The molecule has 1 unspecified atom stereocenters. The molecule has 0 radical (unpaired) electrons. The first kappa shape index (κ1) is 23.1. The Kier molecular flexibility index (Phi) is 5.61. The summed E-state index contributed by atoms with van der Waals surface area (Å²) < 4.78 is 31.2. The van der Waals surface area contributed by atoms with Crippen molar-refractivity contribution in [2.75, 3.05) is 20.6 Å². The average Bonchev–Trinajstić information content (AvgIpc) is 3.31. The Morgan fingerprint density at radius 1 is 1.30 bits per heavy atom. The van der Waals surface area contributed by atoms with E-state index in [1.165, 1.54) is 27.7 Å². The van der Waals surface area contributed by atoms with Crippen LogP contribution in [0.5, 0.6) is 0 Å². The summed E-state index contributed by atoms with van der Waals surface area (Å²) in [5.41, 5.74) is 0.438. The van der Waals surface area contributed by atoms with E-state index in [-0.39, 0.29) is 29.6 Å². The van der Waals surface area contributed by atoms with E-state index in [1.54, 1.807) is 38.2 Å². The Hall–Kier alpha value is -3.12. The number of nitrogens with one attached hydrogen (secondary N) is 1. The van der Waals surface area contributed by atoms with Crippen LogP contribution in [0.3, 0.4) is 0 Å². The average molecular weight is 476 g/mol.